The maximum atomic E-state index is 12.8. The lowest BCUT2D eigenvalue weighted by atomic mass is 9.93. The van der Waals surface area contributed by atoms with Crippen LogP contribution in [0.4, 0.5) is 4.79 Å². The number of rotatable bonds is 24. The molecule has 0 unspecified atom stereocenters. The van der Waals surface area contributed by atoms with Gasteiger partial charge < -0.3 is 108 Å². The number of methoxy groups -OCH3 is 12. The predicted molar refractivity (Wildman–Crippen MR) is 412 cm³/mol. The van der Waals surface area contributed by atoms with Gasteiger partial charge in [-0.15, -0.1) is 0 Å². The number of aliphatic hydroxyl groups is 1. The van der Waals surface area contributed by atoms with E-state index in [-0.39, 0.29) is 23.6 Å². The molecule has 0 saturated carbocycles. The summed E-state index contributed by atoms with van der Waals surface area (Å²) >= 11 is 0. The molecule has 6 aromatic carbocycles. The monoisotopic (exact) mass is 1470 g/mol. The van der Waals surface area contributed by atoms with Crippen molar-refractivity contribution in [1.29, 1.82) is 0 Å². The first-order valence-corrected chi connectivity index (χ1v) is 36.2. The molecule has 8 N–H and O–H groups in total. The fourth-order valence-electron chi connectivity index (χ4n) is 14.5. The highest BCUT2D eigenvalue weighted by Gasteiger charge is 2.34. The van der Waals surface area contributed by atoms with Gasteiger partial charge in [-0.1, -0.05) is 18.2 Å². The average molecular weight is 1470 g/mol. The first-order valence-electron chi connectivity index (χ1n) is 36.2. The van der Waals surface area contributed by atoms with E-state index in [4.69, 9.17) is 77.2 Å². The maximum Gasteiger partial charge on any atom is 0.407 e. The topological polar surface area (TPSA) is 276 Å². The number of amides is 1. The normalized spacial score (nSPS) is 17.6. The second-order valence-electron chi connectivity index (χ2n) is 26.5. The number of nitrogens with zero attached hydrogens (tertiary/aromatic N) is 5. The van der Waals surface area contributed by atoms with Gasteiger partial charge in [0.05, 0.1) is 104 Å². The van der Waals surface area contributed by atoms with Crippen LogP contribution in [0.15, 0.2) is 85.3 Å². The fraction of sp³-hybridized carbons (Fsp3) is 0.512. The Bertz CT molecular complexity index is 3820. The number of aryl methyl sites for hydroxylation is 3. The third kappa shape index (κ3) is 20.2. The van der Waals surface area contributed by atoms with Crippen LogP contribution in [-0.4, -0.2) is 259 Å². The van der Waals surface area contributed by atoms with Gasteiger partial charge in [-0.05, 0) is 164 Å². The number of benzene rings is 6. The van der Waals surface area contributed by atoms with Crippen LogP contribution in [0.2, 0.25) is 0 Å². The van der Waals surface area contributed by atoms with Gasteiger partial charge in [0.15, 0.2) is 40.4 Å². The smallest absolute Gasteiger partial charge is 0.407 e. The molecule has 0 radical (unpaired) electrons. The van der Waals surface area contributed by atoms with E-state index in [0.717, 1.165) is 202 Å². The van der Waals surface area contributed by atoms with E-state index in [9.17, 15) is 4.79 Å². The van der Waals surface area contributed by atoms with Gasteiger partial charge in [-0.2, -0.15) is 0 Å². The van der Waals surface area contributed by atoms with Crippen LogP contribution in [-0.2, 0) is 28.7 Å². The van der Waals surface area contributed by atoms with Crippen molar-refractivity contribution in [3.05, 3.63) is 119 Å². The molecular weight excluding hydrogens is 1360 g/mol. The second-order valence-corrected chi connectivity index (χ2v) is 26.5. The Labute approximate surface area is 626 Å². The number of nitrogens with two attached hydrogens (primary N) is 1. The van der Waals surface area contributed by atoms with Gasteiger partial charge in [0.25, 0.3) is 0 Å². The van der Waals surface area contributed by atoms with Crippen LogP contribution < -0.4 is 78.5 Å². The molecule has 0 spiro atoms. The Morgan fingerprint density at radius 2 is 0.811 bits per heavy atom. The largest absolute Gasteiger partial charge is 0.497 e. The molecule has 582 valence electrons. The minimum atomic E-state index is -0.424. The van der Waals surface area contributed by atoms with E-state index in [1.54, 1.807) is 85.3 Å². The number of carbonyl (C=O) groups excluding carboxylic acids is 1. The SMILES string of the molecule is C=C(N[C@H]1CCc2cc(OC)c(OC)c(OC)c2-c2ccc(OC)cc21)OCCN1CCN(C)CC1.CN1CCN(CCO)CC1.COc1ccc2c(c1)[C@@H](N)CCc1cc(OC)c(OC)c(OC)c1-2.COc1ccc2c(c1)[C@@H](NC(=O)OCCN1CCNCC1)CCc1cc(OC)c(OC)c(OC)c1-2.O. The summed E-state index contributed by atoms with van der Waals surface area (Å²) in [4.78, 5) is 24.5. The molecule has 0 aromatic heterocycles. The summed E-state index contributed by atoms with van der Waals surface area (Å²) in [5.41, 5.74) is 18.9. The van der Waals surface area contributed by atoms with E-state index in [1.807, 2.05) is 54.6 Å². The Morgan fingerprint density at radius 3 is 1.20 bits per heavy atom. The van der Waals surface area contributed by atoms with E-state index in [2.05, 4.69) is 79.3 Å². The molecule has 6 aromatic rings. The van der Waals surface area contributed by atoms with Crippen LogP contribution in [0.5, 0.6) is 69.0 Å². The molecule has 3 aliphatic carbocycles. The van der Waals surface area contributed by atoms with Crippen molar-refractivity contribution in [1.82, 2.24) is 40.4 Å². The number of nitrogens with one attached hydrogen (secondary N) is 3. The number of ether oxygens (including phenoxy) is 14. The van der Waals surface area contributed by atoms with Crippen molar-refractivity contribution >= 4 is 6.09 Å². The van der Waals surface area contributed by atoms with Crippen LogP contribution in [0.3, 0.4) is 0 Å². The summed E-state index contributed by atoms with van der Waals surface area (Å²) in [6, 6.07) is 23.7. The zero-order valence-corrected chi connectivity index (χ0v) is 64.7. The average Bonchev–Trinajstić information content (AvgIpc) is 1.46. The number of hydrogen-bond acceptors (Lipinski definition) is 24. The number of alkyl carbamates (subject to hydrolysis) is 1. The molecule has 12 rings (SSSR count). The first kappa shape index (κ1) is 82.8. The van der Waals surface area contributed by atoms with E-state index < -0.39 is 6.09 Å². The molecule has 106 heavy (non-hydrogen) atoms. The van der Waals surface area contributed by atoms with Crippen molar-refractivity contribution in [2.45, 2.75) is 56.7 Å². The summed E-state index contributed by atoms with van der Waals surface area (Å²) < 4.78 is 78.9. The standard InChI is InChI=1S/C28H39N3O5.C26H35N3O6.C19H23NO4.C7H16N2O.H2O/c1-19(36-16-15-31-13-11-30(2)12-14-31)29-24-10-7-20-17-25(33-4)27(34-5)28(35-6)26(20)22-9-8-21(32-3)18-23(22)24;1-31-18-6-7-19-20(16-18)21(28-26(30)35-14-13-29-11-9-27-10-12-29)8-5-17-15-22(32-2)24(33-3)25(34-4)23(17)19;1-21-12-6-7-13-14(10-12)15(20)8-5-11-9-16(22-2)18(23-3)19(24-4)17(11)13;1-8-2-4-9(5-3-8)6-7-10;/h8-9,17-18,24,29H,1,7,10-16H2,2-6H3;6-7,15-16,21,27H,5,8-14H2,1-4H3,(H,28,30);6-7,9-10,15H,5,8,20H2,1-4H3;10H,2-7H2,1H3;1H2/t24-;21-;15-;;/m000../s1. The highest BCUT2D eigenvalue weighted by atomic mass is 16.6. The maximum absolute atomic E-state index is 12.8. The highest BCUT2D eigenvalue weighted by molar-refractivity contribution is 5.86. The van der Waals surface area contributed by atoms with Crippen LogP contribution in [0.25, 0.3) is 33.4 Å². The van der Waals surface area contributed by atoms with Gasteiger partial charge in [0.2, 0.25) is 17.2 Å². The van der Waals surface area contributed by atoms with E-state index in [1.165, 1.54) is 0 Å². The molecular formula is C80H115N9O17. The zero-order chi connectivity index (χ0) is 75.1. The molecule has 3 fully saturated rings. The number of piperazine rings is 3. The van der Waals surface area contributed by atoms with Crippen molar-refractivity contribution < 1.29 is 81.7 Å². The first-order chi connectivity index (χ1) is 51.0. The van der Waals surface area contributed by atoms with Crippen molar-refractivity contribution in [2.75, 3.05) is 217 Å². The third-order valence-corrected chi connectivity index (χ3v) is 20.4. The molecule has 3 aliphatic heterocycles. The molecule has 26 nitrogen and oxygen atoms in total. The second kappa shape index (κ2) is 40.8. The Morgan fingerprint density at radius 1 is 0.453 bits per heavy atom. The molecule has 6 aliphatic rings. The number of likely N-dealkylation sites (N-methyl/N-ethyl adjacent to an activating group) is 2. The Kier molecular flexibility index (Phi) is 31.9. The molecule has 0 bridgehead atoms. The summed E-state index contributed by atoms with van der Waals surface area (Å²) in [6.07, 6.45) is 4.29. The minimum absolute atomic E-state index is 0. The lowest BCUT2D eigenvalue weighted by molar-refractivity contribution is 0.105. The van der Waals surface area contributed by atoms with Crippen LogP contribution >= 0.6 is 0 Å². The van der Waals surface area contributed by atoms with Crippen molar-refractivity contribution in [3.63, 3.8) is 0 Å². The van der Waals surface area contributed by atoms with Crippen LogP contribution in [0, 0.1) is 0 Å². The summed E-state index contributed by atoms with van der Waals surface area (Å²) in [5, 5.41) is 18.6. The van der Waals surface area contributed by atoms with Crippen molar-refractivity contribution in [3.8, 4) is 102 Å². The Hall–Kier alpha value is -8.83. The zero-order valence-electron chi connectivity index (χ0n) is 64.7. The number of β-amino-alcohol motifs (C(OH)–C–C–N with tert-alkyl or cyclic N) is 1. The van der Waals surface area contributed by atoms with Crippen LogP contribution in [0.1, 0.15) is 70.8 Å². The van der Waals surface area contributed by atoms with Gasteiger partial charge in [0.1, 0.15) is 30.5 Å². The predicted octanol–water partition coefficient (Wildman–Crippen LogP) is 8.44. The Balaban J connectivity index is 0.000000190. The van der Waals surface area contributed by atoms with Gasteiger partial charge in [0, 0.05) is 121 Å². The molecule has 3 atom stereocenters. The van der Waals surface area contributed by atoms with E-state index >= 15 is 0 Å². The number of fused-ring (bicyclic) bond motifs is 9. The fourth-order valence-corrected chi connectivity index (χ4v) is 14.5. The third-order valence-electron chi connectivity index (χ3n) is 20.4. The van der Waals surface area contributed by atoms with Gasteiger partial charge in [-0.3, -0.25) is 14.7 Å². The highest BCUT2D eigenvalue weighted by Crippen LogP contribution is 2.54. The van der Waals surface area contributed by atoms with Gasteiger partial charge in [-0.25, -0.2) is 4.79 Å². The van der Waals surface area contributed by atoms with Crippen molar-refractivity contribution in [2.24, 2.45) is 5.73 Å². The molecule has 1 amide bonds. The van der Waals surface area contributed by atoms with E-state index in [0.29, 0.717) is 96.0 Å². The number of hydrogen-bond donors (Lipinski definition) is 5. The lowest BCUT2D eigenvalue weighted by Crippen LogP contribution is -2.45. The summed E-state index contributed by atoms with van der Waals surface area (Å²) in [7, 11) is 23.9. The molecule has 3 saturated heterocycles. The van der Waals surface area contributed by atoms with Gasteiger partial charge >= 0.3 is 6.09 Å². The summed E-state index contributed by atoms with van der Waals surface area (Å²) in [6.45, 7) is 20.6. The lowest BCUT2D eigenvalue weighted by Gasteiger charge is -2.32. The number of aliphatic hydroxyl groups excluding tert-OH is 1. The quantitative estimate of drug-likeness (QED) is 0.0355. The molecule has 3 heterocycles. The minimum Gasteiger partial charge on any atom is -0.497 e. The number of carbonyl (C=O) groups is 1. The molecule has 26 heteroatoms. The summed E-state index contributed by atoms with van der Waals surface area (Å²) in [5.74, 6) is 8.48.